The Balaban J connectivity index is 1.96. The molecule has 2 rings (SSSR count). The Hall–Kier alpha value is -1.61. The predicted octanol–water partition coefficient (Wildman–Crippen LogP) is 2.07. The van der Waals surface area contributed by atoms with E-state index in [2.05, 4.69) is 18.7 Å². The summed E-state index contributed by atoms with van der Waals surface area (Å²) in [5.41, 5.74) is 2.25. The van der Waals surface area contributed by atoms with E-state index in [0.717, 1.165) is 31.5 Å². The molecule has 1 heterocycles. The zero-order valence-corrected chi connectivity index (χ0v) is 10.5. The highest BCUT2D eigenvalue weighted by atomic mass is 16.3. The van der Waals surface area contributed by atoms with Crippen molar-refractivity contribution in [1.82, 2.24) is 4.90 Å². The molecule has 1 amide bonds. The van der Waals surface area contributed by atoms with Crippen molar-refractivity contribution < 1.29 is 9.90 Å². The van der Waals surface area contributed by atoms with Crippen molar-refractivity contribution in [2.45, 2.75) is 25.4 Å². The first kappa shape index (κ1) is 12.8. The van der Waals surface area contributed by atoms with Gasteiger partial charge in [0.1, 0.15) is 0 Å². The highest BCUT2D eigenvalue weighted by molar-refractivity contribution is 5.87. The van der Waals surface area contributed by atoms with Crippen LogP contribution in [0.3, 0.4) is 0 Å². The number of benzene rings is 1. The Kier molecular flexibility index (Phi) is 4.15. The van der Waals surface area contributed by atoms with Crippen LogP contribution in [-0.2, 0) is 11.4 Å². The highest BCUT2D eigenvalue weighted by Crippen LogP contribution is 2.28. The first-order chi connectivity index (χ1) is 8.74. The van der Waals surface area contributed by atoms with E-state index in [1.165, 1.54) is 11.6 Å². The van der Waals surface area contributed by atoms with Crippen LogP contribution in [0.4, 0.5) is 0 Å². The summed E-state index contributed by atoms with van der Waals surface area (Å²) in [6, 6.07) is 8.11. The molecule has 0 unspecified atom stereocenters. The van der Waals surface area contributed by atoms with Gasteiger partial charge in [0.05, 0.1) is 6.61 Å². The first-order valence-electron chi connectivity index (χ1n) is 6.35. The molecule has 0 atom stereocenters. The second kappa shape index (κ2) is 5.83. The zero-order chi connectivity index (χ0) is 13.0. The first-order valence-corrected chi connectivity index (χ1v) is 6.35. The summed E-state index contributed by atoms with van der Waals surface area (Å²) in [5.74, 6) is 0.552. The van der Waals surface area contributed by atoms with Crippen molar-refractivity contribution in [3.63, 3.8) is 0 Å². The Bertz CT molecular complexity index is 417. The second-order valence-electron chi connectivity index (χ2n) is 4.70. The fourth-order valence-corrected chi connectivity index (χ4v) is 2.46. The molecule has 0 aliphatic carbocycles. The molecule has 0 bridgehead atoms. The molecule has 0 aromatic heterocycles. The number of likely N-dealkylation sites (tertiary alicyclic amines) is 1. The minimum atomic E-state index is 0.0316. The molecule has 1 N–H and O–H groups in total. The van der Waals surface area contributed by atoms with Crippen LogP contribution in [0.5, 0.6) is 0 Å². The molecule has 1 aliphatic heterocycles. The van der Waals surface area contributed by atoms with Gasteiger partial charge in [-0.2, -0.15) is 0 Å². The van der Waals surface area contributed by atoms with E-state index in [-0.39, 0.29) is 12.5 Å². The van der Waals surface area contributed by atoms with Crippen LogP contribution in [0, 0.1) is 0 Å². The van der Waals surface area contributed by atoms with Crippen LogP contribution in [0.2, 0.25) is 0 Å². The number of aliphatic hydroxyl groups excluding tert-OH is 1. The van der Waals surface area contributed by atoms with Gasteiger partial charge in [-0.25, -0.2) is 0 Å². The van der Waals surface area contributed by atoms with Gasteiger partial charge in [-0.3, -0.25) is 4.79 Å². The smallest absolute Gasteiger partial charge is 0.245 e. The van der Waals surface area contributed by atoms with Crippen molar-refractivity contribution in [2.75, 3.05) is 13.1 Å². The molecule has 1 saturated heterocycles. The van der Waals surface area contributed by atoms with E-state index in [4.69, 9.17) is 5.11 Å². The number of hydrogen-bond donors (Lipinski definition) is 1. The van der Waals surface area contributed by atoms with Gasteiger partial charge in [-0.15, -0.1) is 0 Å². The summed E-state index contributed by atoms with van der Waals surface area (Å²) in [5, 5.41) is 9.01. The highest BCUT2D eigenvalue weighted by Gasteiger charge is 2.22. The molecule has 0 radical (unpaired) electrons. The van der Waals surface area contributed by atoms with Gasteiger partial charge in [0.25, 0.3) is 0 Å². The number of nitrogens with zero attached hydrogens (tertiary/aromatic N) is 1. The number of piperidine rings is 1. The SMILES string of the molecule is C=CC(=O)N1CCC(c2ccc(CO)cc2)CC1. The van der Waals surface area contributed by atoms with E-state index >= 15 is 0 Å². The van der Waals surface area contributed by atoms with E-state index < -0.39 is 0 Å². The fraction of sp³-hybridized carbons (Fsp3) is 0.400. The second-order valence-corrected chi connectivity index (χ2v) is 4.70. The topological polar surface area (TPSA) is 40.5 Å². The zero-order valence-electron chi connectivity index (χ0n) is 10.5. The molecular formula is C15H19NO2. The van der Waals surface area contributed by atoms with Crippen molar-refractivity contribution in [2.24, 2.45) is 0 Å². The molecule has 1 aromatic rings. The van der Waals surface area contributed by atoms with Crippen molar-refractivity contribution in [3.8, 4) is 0 Å². The van der Waals surface area contributed by atoms with Crippen LogP contribution >= 0.6 is 0 Å². The average Bonchev–Trinajstić information content (AvgIpc) is 2.47. The van der Waals surface area contributed by atoms with Crippen LogP contribution < -0.4 is 0 Å². The summed E-state index contributed by atoms with van der Waals surface area (Å²) < 4.78 is 0. The Morgan fingerprint density at radius 3 is 2.44 bits per heavy atom. The summed E-state index contributed by atoms with van der Waals surface area (Å²) >= 11 is 0. The molecule has 18 heavy (non-hydrogen) atoms. The lowest BCUT2D eigenvalue weighted by Crippen LogP contribution is -2.36. The number of hydrogen-bond acceptors (Lipinski definition) is 2. The van der Waals surface area contributed by atoms with Crippen molar-refractivity contribution >= 4 is 5.91 Å². The maximum Gasteiger partial charge on any atom is 0.245 e. The average molecular weight is 245 g/mol. The third-order valence-corrected chi connectivity index (χ3v) is 3.61. The minimum Gasteiger partial charge on any atom is -0.392 e. The van der Waals surface area contributed by atoms with E-state index in [9.17, 15) is 4.79 Å². The monoisotopic (exact) mass is 245 g/mol. The van der Waals surface area contributed by atoms with Gasteiger partial charge >= 0.3 is 0 Å². The Morgan fingerprint density at radius 1 is 1.33 bits per heavy atom. The van der Waals surface area contributed by atoms with Gasteiger partial charge < -0.3 is 10.0 Å². The molecule has 0 spiro atoms. The summed E-state index contributed by atoms with van der Waals surface area (Å²) in [6.07, 6.45) is 3.38. The van der Waals surface area contributed by atoms with Gasteiger partial charge in [-0.1, -0.05) is 30.8 Å². The molecule has 1 aromatic carbocycles. The third kappa shape index (κ3) is 2.79. The van der Waals surface area contributed by atoms with Crippen molar-refractivity contribution in [1.29, 1.82) is 0 Å². The van der Waals surface area contributed by atoms with Gasteiger partial charge in [0.15, 0.2) is 0 Å². The standard InChI is InChI=1S/C15H19NO2/c1-2-15(18)16-9-7-14(8-10-16)13-5-3-12(11-17)4-6-13/h2-6,14,17H,1,7-11H2. The maximum atomic E-state index is 11.5. The lowest BCUT2D eigenvalue weighted by molar-refractivity contribution is -0.127. The largest absolute Gasteiger partial charge is 0.392 e. The lowest BCUT2D eigenvalue weighted by Gasteiger charge is -2.31. The normalized spacial score (nSPS) is 16.6. The van der Waals surface area contributed by atoms with Gasteiger partial charge in [-0.05, 0) is 36.0 Å². The van der Waals surface area contributed by atoms with Crippen LogP contribution in [0.1, 0.15) is 29.9 Å². The Morgan fingerprint density at radius 2 is 1.94 bits per heavy atom. The van der Waals surface area contributed by atoms with Crippen molar-refractivity contribution in [3.05, 3.63) is 48.0 Å². The maximum absolute atomic E-state index is 11.5. The summed E-state index contributed by atoms with van der Waals surface area (Å²) in [6.45, 7) is 5.21. The van der Waals surface area contributed by atoms with Crippen LogP contribution in [-0.4, -0.2) is 29.0 Å². The van der Waals surface area contributed by atoms with Gasteiger partial charge in [0.2, 0.25) is 5.91 Å². The van der Waals surface area contributed by atoms with Gasteiger partial charge in [0, 0.05) is 13.1 Å². The van der Waals surface area contributed by atoms with E-state index in [1.807, 2.05) is 17.0 Å². The molecular weight excluding hydrogens is 226 g/mol. The summed E-state index contributed by atoms with van der Waals surface area (Å²) in [7, 11) is 0. The molecule has 3 nitrogen and oxygen atoms in total. The third-order valence-electron chi connectivity index (χ3n) is 3.61. The number of rotatable bonds is 3. The number of carbonyl (C=O) groups excluding carboxylic acids is 1. The van der Waals surface area contributed by atoms with Crippen LogP contribution in [0.25, 0.3) is 0 Å². The molecule has 96 valence electrons. The minimum absolute atomic E-state index is 0.0316. The molecule has 1 fully saturated rings. The fourth-order valence-electron chi connectivity index (χ4n) is 2.46. The van der Waals surface area contributed by atoms with E-state index in [1.54, 1.807) is 0 Å². The summed E-state index contributed by atoms with van der Waals surface area (Å²) in [4.78, 5) is 13.3. The predicted molar refractivity (Wildman–Crippen MR) is 71.1 cm³/mol. The van der Waals surface area contributed by atoms with Crippen LogP contribution in [0.15, 0.2) is 36.9 Å². The lowest BCUT2D eigenvalue weighted by atomic mass is 9.89. The number of aliphatic hydroxyl groups is 1. The molecule has 0 saturated carbocycles. The Labute approximate surface area is 108 Å². The number of carbonyl (C=O) groups is 1. The molecule has 3 heteroatoms. The quantitative estimate of drug-likeness (QED) is 0.828. The molecule has 1 aliphatic rings. The van der Waals surface area contributed by atoms with E-state index in [0.29, 0.717) is 5.92 Å². The number of amides is 1.